The Morgan fingerprint density at radius 2 is 1.63 bits per heavy atom. The third-order valence-corrected chi connectivity index (χ3v) is 6.18. The Labute approximate surface area is 230 Å². The number of nitrogens with zero attached hydrogens (tertiary/aromatic N) is 3. The second-order valence-corrected chi connectivity index (χ2v) is 8.37. The molecule has 4 rings (SSSR count). The number of anilines is 3. The molecule has 1 atom stereocenters. The summed E-state index contributed by atoms with van der Waals surface area (Å²) in [6.07, 6.45) is 3.31. The Bertz CT molecular complexity index is 1140. The van der Waals surface area contributed by atoms with E-state index >= 15 is 0 Å². The maximum atomic E-state index is 12.3. The van der Waals surface area contributed by atoms with Gasteiger partial charge in [-0.2, -0.15) is 0 Å². The topological polar surface area (TPSA) is 117 Å². The van der Waals surface area contributed by atoms with E-state index in [4.69, 9.17) is 4.74 Å². The Balaban J connectivity index is 0.00000342. The van der Waals surface area contributed by atoms with Gasteiger partial charge in [-0.3, -0.25) is 4.79 Å². The van der Waals surface area contributed by atoms with E-state index in [9.17, 15) is 14.7 Å². The molecule has 11 heteroatoms. The van der Waals surface area contributed by atoms with E-state index < -0.39 is 11.9 Å². The van der Waals surface area contributed by atoms with Gasteiger partial charge in [-0.25, -0.2) is 14.8 Å². The molecule has 2 aromatic carbocycles. The number of carbonyl (C=O) groups is 2. The van der Waals surface area contributed by atoms with Crippen molar-refractivity contribution >= 4 is 70.5 Å². The molecule has 3 N–H and O–H groups in total. The van der Waals surface area contributed by atoms with E-state index in [0.717, 1.165) is 10.7 Å². The number of urea groups is 1. The van der Waals surface area contributed by atoms with Crippen LogP contribution in [0, 0.1) is 0 Å². The molecule has 1 aliphatic rings. The van der Waals surface area contributed by atoms with Crippen LogP contribution >= 0.6 is 11.8 Å². The monoisotopic (exact) mass is 503 g/mol. The summed E-state index contributed by atoms with van der Waals surface area (Å²) in [6.45, 7) is 2.57. The molecular formula is C24H26N5NaO4S. The average Bonchev–Trinajstić information content (AvgIpc) is 2.86. The number of amides is 2. The molecule has 1 aromatic heterocycles. The van der Waals surface area contributed by atoms with Gasteiger partial charge < -0.3 is 25.4 Å². The van der Waals surface area contributed by atoms with Crippen molar-refractivity contribution < 1.29 is 19.4 Å². The zero-order valence-electron chi connectivity index (χ0n) is 18.6. The number of aromatic nitrogens is 2. The van der Waals surface area contributed by atoms with Gasteiger partial charge in [-0.05, 0) is 36.1 Å². The van der Waals surface area contributed by atoms with Gasteiger partial charge in [-0.15, -0.1) is 11.8 Å². The number of hydrogen-bond donors (Lipinski definition) is 3. The molecule has 1 aliphatic heterocycles. The number of carbonyl (C=O) groups excluding carboxylic acids is 1. The number of carboxylic acids is 1. The Morgan fingerprint density at radius 1 is 1.00 bits per heavy atom. The minimum atomic E-state index is -1.01. The van der Waals surface area contributed by atoms with Gasteiger partial charge in [0.05, 0.1) is 23.8 Å². The second-order valence-electron chi connectivity index (χ2n) is 7.55. The number of para-hydroxylation sites is 1. The zero-order valence-corrected chi connectivity index (χ0v) is 19.4. The van der Waals surface area contributed by atoms with Crippen LogP contribution in [0.1, 0.15) is 17.2 Å². The Hall–Kier alpha value is -2.63. The van der Waals surface area contributed by atoms with Crippen LogP contribution < -0.4 is 15.5 Å². The summed E-state index contributed by atoms with van der Waals surface area (Å²) in [5, 5.41) is 15.6. The van der Waals surface area contributed by atoms with Crippen molar-refractivity contribution in [1.29, 1.82) is 0 Å². The molecule has 0 bridgehead atoms. The summed E-state index contributed by atoms with van der Waals surface area (Å²) < 4.78 is 5.43. The van der Waals surface area contributed by atoms with Gasteiger partial charge in [0.2, 0.25) is 0 Å². The van der Waals surface area contributed by atoms with Crippen molar-refractivity contribution in [1.82, 2.24) is 9.97 Å². The Morgan fingerprint density at radius 3 is 2.23 bits per heavy atom. The molecule has 0 saturated carbocycles. The first-order valence-electron chi connectivity index (χ1n) is 10.7. The molecule has 178 valence electrons. The van der Waals surface area contributed by atoms with E-state index in [2.05, 4.69) is 25.5 Å². The average molecular weight is 504 g/mol. The first kappa shape index (κ1) is 27.0. The summed E-state index contributed by atoms with van der Waals surface area (Å²) in [5.41, 5.74) is 2.22. The SMILES string of the molecule is CSc1c(C(C(=O)O)c2ccc(NC(=O)Nc3ccccc3)cc2)ncnc1N1CCOCC1.[NaH]. The number of thioether (sulfide) groups is 1. The first-order valence-corrected chi connectivity index (χ1v) is 12.0. The number of morpholine rings is 1. The quantitative estimate of drug-likeness (QED) is 0.332. The maximum absolute atomic E-state index is 12.3. The third kappa shape index (κ3) is 6.74. The fourth-order valence-corrected chi connectivity index (χ4v) is 4.51. The van der Waals surface area contributed by atoms with Crippen molar-refractivity contribution in [2.75, 3.05) is 48.1 Å². The van der Waals surface area contributed by atoms with Crippen LogP contribution in [0.15, 0.2) is 65.8 Å². The van der Waals surface area contributed by atoms with Gasteiger partial charge in [0.25, 0.3) is 0 Å². The minimum absolute atomic E-state index is 0. The van der Waals surface area contributed by atoms with Crippen LogP contribution in [-0.4, -0.2) is 89.2 Å². The number of carboxylic acid groups (broad SMARTS) is 1. The van der Waals surface area contributed by atoms with Gasteiger partial charge in [0.1, 0.15) is 18.1 Å². The molecule has 35 heavy (non-hydrogen) atoms. The van der Waals surface area contributed by atoms with Crippen LogP contribution in [0.5, 0.6) is 0 Å². The molecule has 9 nitrogen and oxygen atoms in total. The molecule has 3 aromatic rings. The number of rotatable bonds is 7. The summed E-state index contributed by atoms with van der Waals surface area (Å²) in [4.78, 5) is 36.2. The predicted octanol–water partition coefficient (Wildman–Crippen LogP) is 3.25. The van der Waals surface area contributed by atoms with Gasteiger partial charge in [-0.1, -0.05) is 30.3 Å². The number of nitrogens with one attached hydrogen (secondary N) is 2. The number of benzene rings is 2. The van der Waals surface area contributed by atoms with Crippen LogP contribution in [0.4, 0.5) is 22.0 Å². The number of ether oxygens (including phenoxy) is 1. The molecule has 1 saturated heterocycles. The van der Waals surface area contributed by atoms with Crippen LogP contribution in [0.3, 0.4) is 0 Å². The van der Waals surface area contributed by atoms with Crippen molar-refractivity contribution in [3.63, 3.8) is 0 Å². The fourth-order valence-electron chi connectivity index (χ4n) is 3.77. The van der Waals surface area contributed by atoms with Crippen molar-refractivity contribution in [2.24, 2.45) is 0 Å². The van der Waals surface area contributed by atoms with Crippen LogP contribution in [0.25, 0.3) is 0 Å². The van der Waals surface area contributed by atoms with Crippen LogP contribution in [0.2, 0.25) is 0 Å². The van der Waals surface area contributed by atoms with Gasteiger partial charge >= 0.3 is 41.6 Å². The standard InChI is InChI=1S/C24H25N5O4S.Na.H/c1-34-21-20(25-15-26-22(21)29-11-13-33-14-12-29)19(23(30)31)16-7-9-18(10-8-16)28-24(32)27-17-5-3-2-4-6-17;;/h2-10,15,19H,11-14H2,1H3,(H,30,31)(H2,27,28,32);;. The number of aliphatic carboxylic acids is 1. The third-order valence-electron chi connectivity index (χ3n) is 5.38. The molecule has 0 radical (unpaired) electrons. The molecule has 1 fully saturated rings. The van der Waals surface area contributed by atoms with E-state index in [0.29, 0.717) is 48.9 Å². The molecule has 2 heterocycles. The fraction of sp³-hybridized carbons (Fsp3) is 0.250. The van der Waals surface area contributed by atoms with Crippen molar-refractivity contribution in [2.45, 2.75) is 10.8 Å². The zero-order chi connectivity index (χ0) is 23.9. The molecule has 2 amide bonds. The van der Waals surface area contributed by atoms with E-state index in [1.54, 1.807) is 36.4 Å². The summed E-state index contributed by atoms with van der Waals surface area (Å²) in [7, 11) is 0. The normalized spacial score (nSPS) is 13.9. The summed E-state index contributed by atoms with van der Waals surface area (Å²) in [6, 6.07) is 15.5. The van der Waals surface area contributed by atoms with E-state index in [-0.39, 0.29) is 35.6 Å². The van der Waals surface area contributed by atoms with E-state index in [1.807, 2.05) is 24.5 Å². The molecule has 0 spiro atoms. The van der Waals surface area contributed by atoms with Gasteiger partial charge in [0.15, 0.2) is 0 Å². The van der Waals surface area contributed by atoms with E-state index in [1.165, 1.54) is 18.1 Å². The summed E-state index contributed by atoms with van der Waals surface area (Å²) >= 11 is 1.43. The van der Waals surface area contributed by atoms with Crippen molar-refractivity contribution in [3.8, 4) is 0 Å². The first-order chi connectivity index (χ1) is 16.6. The number of hydrogen-bond acceptors (Lipinski definition) is 7. The molecular weight excluding hydrogens is 477 g/mol. The molecule has 0 aliphatic carbocycles. The Kier molecular flexibility index (Phi) is 9.93. The van der Waals surface area contributed by atoms with Crippen molar-refractivity contribution in [3.05, 3.63) is 72.2 Å². The second kappa shape index (κ2) is 12.9. The predicted molar refractivity (Wildman–Crippen MR) is 139 cm³/mol. The summed E-state index contributed by atoms with van der Waals surface area (Å²) in [5.74, 6) is -1.26. The van der Waals surface area contributed by atoms with Crippen LogP contribution in [-0.2, 0) is 9.53 Å². The molecule has 1 unspecified atom stereocenters. The van der Waals surface area contributed by atoms with Gasteiger partial charge in [0, 0.05) is 24.5 Å².